The fourth-order valence-electron chi connectivity index (χ4n) is 4.69. The zero-order chi connectivity index (χ0) is 26.7. The highest BCUT2D eigenvalue weighted by atomic mass is 35.5. The molecular weight excluding hydrogens is 524 g/mol. The van der Waals surface area contributed by atoms with E-state index in [4.69, 9.17) is 21.1 Å². The topological polar surface area (TPSA) is 85.8 Å². The summed E-state index contributed by atoms with van der Waals surface area (Å²) in [5.41, 5.74) is 2.78. The van der Waals surface area contributed by atoms with Crippen molar-refractivity contribution in [3.05, 3.63) is 107 Å². The standard InChI is InChI=1S/C29H25ClN2O5S/c1-29(18-36-23(33)17-30)25(32-26(34)22(27(32)38-29)16-21-14-8-9-15-31-21)28(35)37-24(19-10-4-2-5-11-19)20-12-6-3-7-13-20/h2-16,24-25,27H,17-18H2,1H3/t25-,27?,29-/m0/s1. The molecule has 0 bridgehead atoms. The van der Waals surface area contributed by atoms with Crippen LogP contribution in [0.2, 0.25) is 0 Å². The van der Waals surface area contributed by atoms with Crippen molar-refractivity contribution in [2.24, 2.45) is 0 Å². The molecule has 0 spiro atoms. The van der Waals surface area contributed by atoms with Gasteiger partial charge in [-0.1, -0.05) is 66.7 Å². The summed E-state index contributed by atoms with van der Waals surface area (Å²) in [6.45, 7) is 1.69. The minimum atomic E-state index is -0.982. The third kappa shape index (κ3) is 5.06. The lowest BCUT2D eigenvalue weighted by molar-refractivity contribution is -0.162. The van der Waals surface area contributed by atoms with Gasteiger partial charge in [0.25, 0.3) is 5.91 Å². The van der Waals surface area contributed by atoms with Crippen molar-refractivity contribution in [1.82, 2.24) is 9.88 Å². The van der Waals surface area contributed by atoms with Gasteiger partial charge in [0, 0.05) is 6.20 Å². The number of carbonyl (C=O) groups is 3. The minimum Gasteiger partial charge on any atom is -0.463 e. The Bertz CT molecular complexity index is 1320. The minimum absolute atomic E-state index is 0.110. The number of hydrogen-bond acceptors (Lipinski definition) is 7. The molecule has 1 amide bonds. The number of ether oxygens (including phenoxy) is 2. The Balaban J connectivity index is 1.47. The van der Waals surface area contributed by atoms with Crippen molar-refractivity contribution in [2.75, 3.05) is 12.5 Å². The first kappa shape index (κ1) is 26.0. The van der Waals surface area contributed by atoms with Crippen LogP contribution in [0.5, 0.6) is 0 Å². The highest BCUT2D eigenvalue weighted by Crippen LogP contribution is 2.54. The molecule has 3 heterocycles. The number of halogens is 1. The van der Waals surface area contributed by atoms with Crippen molar-refractivity contribution < 1.29 is 23.9 Å². The van der Waals surface area contributed by atoms with Crippen LogP contribution in [0.1, 0.15) is 29.8 Å². The molecule has 0 N–H and O–H groups in total. The number of alkyl halides is 1. The SMILES string of the molecule is C[C@@]1(COC(=O)CCl)SC2C(=Cc3ccccn3)C(=O)N2[C@H]1C(=O)OC(c1ccccc1)c1ccccc1. The first-order chi connectivity index (χ1) is 18.4. The summed E-state index contributed by atoms with van der Waals surface area (Å²) >= 11 is 7.03. The zero-order valence-electron chi connectivity index (χ0n) is 20.5. The molecule has 1 aromatic heterocycles. The molecule has 2 aliphatic rings. The molecule has 9 heteroatoms. The van der Waals surface area contributed by atoms with E-state index in [1.54, 1.807) is 31.3 Å². The number of pyridine rings is 1. The number of aromatic nitrogens is 1. The summed E-state index contributed by atoms with van der Waals surface area (Å²) in [4.78, 5) is 45.0. The molecule has 38 heavy (non-hydrogen) atoms. The van der Waals surface area contributed by atoms with E-state index in [1.807, 2.05) is 66.7 Å². The number of nitrogens with zero attached hydrogens (tertiary/aromatic N) is 2. The highest BCUT2D eigenvalue weighted by molar-refractivity contribution is 8.02. The highest BCUT2D eigenvalue weighted by Gasteiger charge is 2.64. The van der Waals surface area contributed by atoms with Gasteiger partial charge in [0.15, 0.2) is 6.10 Å². The first-order valence-electron chi connectivity index (χ1n) is 12.1. The van der Waals surface area contributed by atoms with E-state index < -0.39 is 34.2 Å². The van der Waals surface area contributed by atoms with Crippen molar-refractivity contribution in [3.63, 3.8) is 0 Å². The second-order valence-corrected chi connectivity index (χ2v) is 11.1. The maximum Gasteiger partial charge on any atom is 0.331 e. The number of β-lactam (4-membered cyclic amide) rings is 1. The van der Waals surface area contributed by atoms with Gasteiger partial charge < -0.3 is 14.4 Å². The maximum atomic E-state index is 13.9. The molecule has 3 aromatic rings. The largest absolute Gasteiger partial charge is 0.463 e. The van der Waals surface area contributed by atoms with Gasteiger partial charge in [0.05, 0.1) is 16.0 Å². The smallest absolute Gasteiger partial charge is 0.331 e. The van der Waals surface area contributed by atoms with Crippen LogP contribution in [0.15, 0.2) is 90.6 Å². The molecule has 1 unspecified atom stereocenters. The molecule has 2 aromatic carbocycles. The molecule has 0 saturated carbocycles. The molecule has 5 rings (SSSR count). The van der Waals surface area contributed by atoms with Crippen LogP contribution < -0.4 is 0 Å². The molecular formula is C29H25ClN2O5S. The Kier molecular flexibility index (Phi) is 7.53. The number of fused-ring (bicyclic) bond motifs is 1. The Morgan fingerprint density at radius 1 is 1.05 bits per heavy atom. The molecule has 2 fully saturated rings. The van der Waals surface area contributed by atoms with Gasteiger partial charge in [0.1, 0.15) is 23.9 Å². The van der Waals surface area contributed by atoms with E-state index in [0.29, 0.717) is 11.3 Å². The summed E-state index contributed by atoms with van der Waals surface area (Å²) < 4.78 is 10.6. The molecule has 3 atom stereocenters. The summed E-state index contributed by atoms with van der Waals surface area (Å²) in [7, 11) is 0. The number of amides is 1. The van der Waals surface area contributed by atoms with Gasteiger partial charge in [-0.3, -0.25) is 14.6 Å². The molecule has 0 aliphatic carbocycles. The number of thioether (sulfide) groups is 1. The van der Waals surface area contributed by atoms with Crippen LogP contribution in [-0.4, -0.2) is 56.4 Å². The van der Waals surface area contributed by atoms with E-state index in [2.05, 4.69) is 4.98 Å². The van der Waals surface area contributed by atoms with Crippen molar-refractivity contribution in [2.45, 2.75) is 29.2 Å². The van der Waals surface area contributed by atoms with Crippen molar-refractivity contribution >= 4 is 47.3 Å². The van der Waals surface area contributed by atoms with Crippen LogP contribution >= 0.6 is 23.4 Å². The van der Waals surface area contributed by atoms with Gasteiger partial charge >= 0.3 is 11.9 Å². The van der Waals surface area contributed by atoms with Gasteiger partial charge in [-0.15, -0.1) is 23.4 Å². The van der Waals surface area contributed by atoms with E-state index in [9.17, 15) is 14.4 Å². The first-order valence-corrected chi connectivity index (χ1v) is 13.5. The zero-order valence-corrected chi connectivity index (χ0v) is 22.1. The lowest BCUT2D eigenvalue weighted by atomic mass is 9.94. The number of esters is 2. The maximum absolute atomic E-state index is 13.9. The van der Waals surface area contributed by atoms with Gasteiger partial charge in [-0.25, -0.2) is 4.79 Å². The second kappa shape index (κ2) is 11.0. The average Bonchev–Trinajstić information content (AvgIpc) is 3.24. The lowest BCUT2D eigenvalue weighted by Crippen LogP contribution is -2.60. The second-order valence-electron chi connectivity index (χ2n) is 9.18. The fraction of sp³-hybridized carbons (Fsp3) is 0.241. The van der Waals surface area contributed by atoms with Gasteiger partial charge in [-0.05, 0) is 36.3 Å². The fourth-order valence-corrected chi connectivity index (χ4v) is 6.37. The number of carbonyl (C=O) groups excluding carboxylic acids is 3. The molecule has 7 nitrogen and oxygen atoms in total. The molecule has 0 radical (unpaired) electrons. The quantitative estimate of drug-likeness (QED) is 0.176. The normalized spacial score (nSPS) is 23.2. The van der Waals surface area contributed by atoms with E-state index >= 15 is 0 Å². The Morgan fingerprint density at radius 3 is 2.26 bits per heavy atom. The number of hydrogen-bond donors (Lipinski definition) is 0. The predicted molar refractivity (Wildman–Crippen MR) is 145 cm³/mol. The van der Waals surface area contributed by atoms with Crippen LogP contribution in [-0.2, 0) is 23.9 Å². The van der Waals surface area contributed by atoms with Gasteiger partial charge in [0.2, 0.25) is 0 Å². The third-order valence-corrected chi connectivity index (χ3v) is 8.32. The van der Waals surface area contributed by atoms with Crippen LogP contribution in [0.3, 0.4) is 0 Å². The van der Waals surface area contributed by atoms with Gasteiger partial charge in [-0.2, -0.15) is 0 Å². The Hall–Kier alpha value is -3.62. The summed E-state index contributed by atoms with van der Waals surface area (Å²) in [5, 5.41) is -0.409. The summed E-state index contributed by atoms with van der Waals surface area (Å²) in [5.74, 6) is -1.76. The third-order valence-electron chi connectivity index (χ3n) is 6.52. The van der Waals surface area contributed by atoms with Crippen LogP contribution in [0.4, 0.5) is 0 Å². The van der Waals surface area contributed by atoms with Crippen molar-refractivity contribution in [1.29, 1.82) is 0 Å². The Morgan fingerprint density at radius 2 is 1.68 bits per heavy atom. The van der Waals surface area contributed by atoms with Crippen molar-refractivity contribution in [3.8, 4) is 0 Å². The average molecular weight is 549 g/mol. The molecule has 2 saturated heterocycles. The summed E-state index contributed by atoms with van der Waals surface area (Å²) in [6, 6.07) is 23.3. The van der Waals surface area contributed by atoms with E-state index in [-0.39, 0.29) is 18.4 Å². The van der Waals surface area contributed by atoms with Crippen LogP contribution in [0, 0.1) is 0 Å². The molecule has 2 aliphatic heterocycles. The molecule has 194 valence electrons. The monoisotopic (exact) mass is 548 g/mol. The van der Waals surface area contributed by atoms with Crippen LogP contribution in [0.25, 0.3) is 6.08 Å². The number of benzene rings is 2. The predicted octanol–water partition coefficient (Wildman–Crippen LogP) is 4.62. The van der Waals surface area contributed by atoms with E-state index in [0.717, 1.165) is 11.1 Å². The van der Waals surface area contributed by atoms with E-state index in [1.165, 1.54) is 16.7 Å². The lowest BCUT2D eigenvalue weighted by Gasteiger charge is -2.40. The number of rotatable bonds is 8. The summed E-state index contributed by atoms with van der Waals surface area (Å²) in [6.07, 6.45) is 2.70. The Labute approximate surface area is 229 Å².